The predicted molar refractivity (Wildman–Crippen MR) is 60.2 cm³/mol. The average molecular weight is 236 g/mol. The Balaban J connectivity index is 3.74. The van der Waals surface area contributed by atoms with Gasteiger partial charge in [-0.05, 0) is 13.3 Å². The molecule has 0 saturated heterocycles. The van der Waals surface area contributed by atoms with Crippen molar-refractivity contribution in [3.05, 3.63) is 0 Å². The summed E-state index contributed by atoms with van der Waals surface area (Å²) < 4.78 is 22.6. The largest absolute Gasteiger partial charge is 0.370 e. The average Bonchev–Trinajstić information content (AvgIpc) is 2.01. The standard InChI is InChI=1S/C9H20N2O3S/c1-3-5-15(13,14)6-4-11-8(2)7-9(10)12/h8,11H,3-7H2,1-2H3,(H2,10,12). The molecule has 0 bridgehead atoms. The van der Waals surface area contributed by atoms with Crippen LogP contribution < -0.4 is 11.1 Å². The summed E-state index contributed by atoms with van der Waals surface area (Å²) in [6, 6.07) is -0.0701. The highest BCUT2D eigenvalue weighted by atomic mass is 32.2. The van der Waals surface area contributed by atoms with Gasteiger partial charge in [0.25, 0.3) is 0 Å². The summed E-state index contributed by atoms with van der Waals surface area (Å²) in [6.07, 6.45) is 0.868. The fourth-order valence-electron chi connectivity index (χ4n) is 1.25. The summed E-state index contributed by atoms with van der Waals surface area (Å²) in [7, 11) is -2.93. The lowest BCUT2D eigenvalue weighted by molar-refractivity contribution is -0.118. The molecule has 15 heavy (non-hydrogen) atoms. The third-order valence-corrected chi connectivity index (χ3v) is 3.78. The van der Waals surface area contributed by atoms with E-state index in [1.807, 2.05) is 6.92 Å². The van der Waals surface area contributed by atoms with Crippen molar-refractivity contribution in [2.45, 2.75) is 32.7 Å². The zero-order valence-corrected chi connectivity index (χ0v) is 10.1. The first kappa shape index (κ1) is 14.4. The number of hydrogen-bond acceptors (Lipinski definition) is 4. The highest BCUT2D eigenvalue weighted by Gasteiger charge is 2.10. The van der Waals surface area contributed by atoms with Crippen molar-refractivity contribution in [3.8, 4) is 0 Å². The Kier molecular flexibility index (Phi) is 6.51. The summed E-state index contributed by atoms with van der Waals surface area (Å²) in [6.45, 7) is 4.01. The monoisotopic (exact) mass is 236 g/mol. The molecule has 0 rings (SSSR count). The number of carbonyl (C=O) groups is 1. The Morgan fingerprint density at radius 1 is 1.40 bits per heavy atom. The maximum atomic E-state index is 11.3. The van der Waals surface area contributed by atoms with Crippen molar-refractivity contribution < 1.29 is 13.2 Å². The first-order chi connectivity index (χ1) is 6.87. The first-order valence-corrected chi connectivity index (χ1v) is 6.91. The van der Waals surface area contributed by atoms with Crippen LogP contribution in [0.15, 0.2) is 0 Å². The van der Waals surface area contributed by atoms with Crippen LogP contribution in [0, 0.1) is 0 Å². The number of nitrogens with two attached hydrogens (primary N) is 1. The normalized spacial score (nSPS) is 13.7. The quantitative estimate of drug-likeness (QED) is 0.603. The molecule has 1 unspecified atom stereocenters. The molecule has 0 aliphatic heterocycles. The van der Waals surface area contributed by atoms with Crippen LogP contribution in [0.25, 0.3) is 0 Å². The van der Waals surface area contributed by atoms with Crippen molar-refractivity contribution in [1.29, 1.82) is 0 Å². The number of hydrogen-bond donors (Lipinski definition) is 2. The van der Waals surface area contributed by atoms with Crippen LogP contribution in [-0.2, 0) is 14.6 Å². The number of amides is 1. The van der Waals surface area contributed by atoms with E-state index in [1.54, 1.807) is 6.92 Å². The second-order valence-electron chi connectivity index (χ2n) is 3.68. The molecule has 0 aromatic heterocycles. The predicted octanol–water partition coefficient (Wildman–Crippen LogP) is -0.335. The van der Waals surface area contributed by atoms with Crippen LogP contribution in [0.1, 0.15) is 26.7 Å². The molecule has 0 heterocycles. The summed E-state index contributed by atoms with van der Waals surface area (Å²) in [5.41, 5.74) is 5.00. The van der Waals surface area contributed by atoms with E-state index in [2.05, 4.69) is 5.32 Å². The van der Waals surface area contributed by atoms with Gasteiger partial charge in [-0.15, -0.1) is 0 Å². The Morgan fingerprint density at radius 2 is 2.00 bits per heavy atom. The topological polar surface area (TPSA) is 89.3 Å². The molecule has 0 radical (unpaired) electrons. The van der Waals surface area contributed by atoms with Gasteiger partial charge in [0, 0.05) is 24.8 Å². The molecular weight excluding hydrogens is 216 g/mol. The fraction of sp³-hybridized carbons (Fsp3) is 0.889. The summed E-state index contributed by atoms with van der Waals surface area (Å²) in [5, 5.41) is 2.95. The molecule has 0 spiro atoms. The number of sulfone groups is 1. The zero-order valence-electron chi connectivity index (χ0n) is 9.32. The Bertz CT molecular complexity index is 288. The molecule has 0 fully saturated rings. The lowest BCUT2D eigenvalue weighted by Gasteiger charge is -2.11. The summed E-state index contributed by atoms with van der Waals surface area (Å²) >= 11 is 0. The second-order valence-corrected chi connectivity index (χ2v) is 5.98. The molecule has 1 amide bonds. The number of nitrogens with one attached hydrogen (secondary N) is 1. The molecule has 0 aliphatic rings. The summed E-state index contributed by atoms with van der Waals surface area (Å²) in [4.78, 5) is 10.5. The molecule has 0 aliphatic carbocycles. The first-order valence-electron chi connectivity index (χ1n) is 5.09. The molecule has 3 N–H and O–H groups in total. The van der Waals surface area contributed by atoms with E-state index in [1.165, 1.54) is 0 Å². The van der Waals surface area contributed by atoms with Gasteiger partial charge in [0.2, 0.25) is 5.91 Å². The Hall–Kier alpha value is -0.620. The third-order valence-electron chi connectivity index (χ3n) is 1.93. The van der Waals surface area contributed by atoms with Gasteiger partial charge in [0.15, 0.2) is 9.84 Å². The van der Waals surface area contributed by atoms with Crippen molar-refractivity contribution in [2.75, 3.05) is 18.1 Å². The van der Waals surface area contributed by atoms with Crippen LogP contribution in [0.5, 0.6) is 0 Å². The molecular formula is C9H20N2O3S. The molecule has 5 nitrogen and oxygen atoms in total. The van der Waals surface area contributed by atoms with E-state index < -0.39 is 9.84 Å². The minimum absolute atomic E-state index is 0.0701. The number of carbonyl (C=O) groups excluding carboxylic acids is 1. The highest BCUT2D eigenvalue weighted by molar-refractivity contribution is 7.91. The lowest BCUT2D eigenvalue weighted by atomic mass is 10.2. The van der Waals surface area contributed by atoms with E-state index in [0.717, 1.165) is 0 Å². The van der Waals surface area contributed by atoms with Crippen LogP contribution in [-0.4, -0.2) is 38.4 Å². The van der Waals surface area contributed by atoms with Gasteiger partial charge in [-0.1, -0.05) is 6.92 Å². The van der Waals surface area contributed by atoms with Gasteiger partial charge in [-0.25, -0.2) is 8.42 Å². The van der Waals surface area contributed by atoms with Crippen molar-refractivity contribution in [1.82, 2.24) is 5.32 Å². The third kappa shape index (κ3) is 8.38. The lowest BCUT2D eigenvalue weighted by Crippen LogP contribution is -2.34. The molecule has 90 valence electrons. The van der Waals surface area contributed by atoms with Gasteiger partial charge in [-0.3, -0.25) is 4.79 Å². The van der Waals surface area contributed by atoms with Crippen molar-refractivity contribution in [2.24, 2.45) is 5.73 Å². The van der Waals surface area contributed by atoms with Crippen LogP contribution >= 0.6 is 0 Å². The molecule has 1 atom stereocenters. The van der Waals surface area contributed by atoms with Crippen molar-refractivity contribution in [3.63, 3.8) is 0 Å². The SMILES string of the molecule is CCCS(=O)(=O)CCNC(C)CC(N)=O. The minimum Gasteiger partial charge on any atom is -0.370 e. The molecule has 6 heteroatoms. The Labute approximate surface area is 91.3 Å². The zero-order chi connectivity index (χ0) is 11.9. The van der Waals surface area contributed by atoms with E-state index in [0.29, 0.717) is 13.0 Å². The maximum absolute atomic E-state index is 11.3. The van der Waals surface area contributed by atoms with Gasteiger partial charge in [-0.2, -0.15) is 0 Å². The second kappa shape index (κ2) is 6.79. The Morgan fingerprint density at radius 3 is 2.47 bits per heavy atom. The van der Waals surface area contributed by atoms with Crippen LogP contribution in [0.3, 0.4) is 0 Å². The molecule has 0 saturated carbocycles. The van der Waals surface area contributed by atoms with E-state index in [4.69, 9.17) is 5.73 Å². The summed E-state index contributed by atoms with van der Waals surface area (Å²) in [5.74, 6) is -0.0468. The highest BCUT2D eigenvalue weighted by Crippen LogP contribution is 1.94. The van der Waals surface area contributed by atoms with Gasteiger partial charge in [0.1, 0.15) is 0 Å². The van der Waals surface area contributed by atoms with E-state index in [-0.39, 0.29) is 29.9 Å². The van der Waals surface area contributed by atoms with Crippen molar-refractivity contribution >= 4 is 15.7 Å². The van der Waals surface area contributed by atoms with Crippen LogP contribution in [0.2, 0.25) is 0 Å². The molecule has 0 aromatic rings. The van der Waals surface area contributed by atoms with E-state index in [9.17, 15) is 13.2 Å². The minimum atomic E-state index is -2.93. The molecule has 0 aromatic carbocycles. The number of primary amides is 1. The fourth-order valence-corrected chi connectivity index (χ4v) is 2.50. The van der Waals surface area contributed by atoms with Crippen LogP contribution in [0.4, 0.5) is 0 Å². The number of rotatable bonds is 8. The smallest absolute Gasteiger partial charge is 0.218 e. The van der Waals surface area contributed by atoms with E-state index >= 15 is 0 Å². The van der Waals surface area contributed by atoms with Gasteiger partial charge >= 0.3 is 0 Å². The van der Waals surface area contributed by atoms with Gasteiger partial charge in [0.05, 0.1) is 5.75 Å². The maximum Gasteiger partial charge on any atom is 0.218 e. The van der Waals surface area contributed by atoms with Gasteiger partial charge < -0.3 is 11.1 Å².